The van der Waals surface area contributed by atoms with Crippen LogP contribution < -0.4 is 4.90 Å². The van der Waals surface area contributed by atoms with Crippen molar-refractivity contribution < 1.29 is 14.7 Å². The van der Waals surface area contributed by atoms with E-state index >= 15 is 0 Å². The predicted molar refractivity (Wildman–Crippen MR) is 109 cm³/mol. The highest BCUT2D eigenvalue weighted by Gasteiger charge is 2.26. The molecule has 1 aromatic heterocycles. The summed E-state index contributed by atoms with van der Waals surface area (Å²) < 4.78 is 0. The number of aromatic nitrogens is 2. The topological polar surface area (TPSA) is 86.6 Å². The van der Waals surface area contributed by atoms with Crippen molar-refractivity contribution in [1.29, 1.82) is 0 Å². The SMILES string of the molecule is O=C(O)c1ccc(CC2CCN(c3cncc(C(=O)N4CCCCC4)n3)C2)cc1. The Morgan fingerprint density at radius 3 is 2.52 bits per heavy atom. The van der Waals surface area contributed by atoms with Crippen LogP contribution in [0.1, 0.15) is 52.1 Å². The molecule has 2 aromatic rings. The predicted octanol–water partition coefficient (Wildman–Crippen LogP) is 2.87. The van der Waals surface area contributed by atoms with Gasteiger partial charge >= 0.3 is 5.97 Å². The van der Waals surface area contributed by atoms with Gasteiger partial charge in [-0.05, 0) is 55.7 Å². The summed E-state index contributed by atoms with van der Waals surface area (Å²) in [5.74, 6) is 0.306. The van der Waals surface area contributed by atoms with Crippen molar-refractivity contribution in [2.45, 2.75) is 32.1 Å². The van der Waals surface area contributed by atoms with Crippen LogP contribution in [0, 0.1) is 5.92 Å². The van der Waals surface area contributed by atoms with E-state index in [1.807, 2.05) is 17.0 Å². The molecular formula is C22H26N4O3. The number of carboxylic acids is 1. The Labute approximate surface area is 170 Å². The smallest absolute Gasteiger partial charge is 0.335 e. The van der Waals surface area contributed by atoms with Gasteiger partial charge in [0.05, 0.1) is 18.0 Å². The standard InChI is InChI=1S/C22H26N4O3/c27-21(25-9-2-1-3-10-25)19-13-23-14-20(24-19)26-11-8-17(15-26)12-16-4-6-18(7-5-16)22(28)29/h4-7,13-14,17H,1-3,8-12,15H2,(H,28,29). The fourth-order valence-corrected chi connectivity index (χ4v) is 4.19. The van der Waals surface area contributed by atoms with Gasteiger partial charge in [-0.1, -0.05) is 12.1 Å². The molecule has 7 nitrogen and oxygen atoms in total. The van der Waals surface area contributed by atoms with Gasteiger partial charge in [-0.3, -0.25) is 9.78 Å². The zero-order valence-electron chi connectivity index (χ0n) is 16.5. The van der Waals surface area contributed by atoms with E-state index in [0.29, 0.717) is 17.2 Å². The van der Waals surface area contributed by atoms with Crippen molar-refractivity contribution in [1.82, 2.24) is 14.9 Å². The maximum atomic E-state index is 12.7. The lowest BCUT2D eigenvalue weighted by molar-refractivity contribution is 0.0693. The maximum Gasteiger partial charge on any atom is 0.335 e. The van der Waals surface area contributed by atoms with Crippen molar-refractivity contribution in [3.63, 3.8) is 0 Å². The van der Waals surface area contributed by atoms with Crippen LogP contribution in [0.25, 0.3) is 0 Å². The Bertz CT molecular complexity index is 878. The number of amides is 1. The van der Waals surface area contributed by atoms with Gasteiger partial charge in [0.2, 0.25) is 0 Å². The first-order chi connectivity index (χ1) is 14.1. The summed E-state index contributed by atoms with van der Waals surface area (Å²) in [6.45, 7) is 3.35. The number of nitrogens with zero attached hydrogens (tertiary/aromatic N) is 4. The molecule has 1 atom stereocenters. The van der Waals surface area contributed by atoms with E-state index in [2.05, 4.69) is 14.9 Å². The molecule has 1 unspecified atom stereocenters. The molecule has 7 heteroatoms. The van der Waals surface area contributed by atoms with Crippen LogP contribution in [0.15, 0.2) is 36.7 Å². The quantitative estimate of drug-likeness (QED) is 0.839. The number of rotatable bonds is 5. The van der Waals surface area contributed by atoms with E-state index in [1.165, 1.54) is 6.42 Å². The van der Waals surface area contributed by atoms with Crippen LogP contribution in [0.4, 0.5) is 5.82 Å². The minimum Gasteiger partial charge on any atom is -0.478 e. The molecule has 1 N–H and O–H groups in total. The third-order valence-corrected chi connectivity index (χ3v) is 5.82. The molecule has 1 aromatic carbocycles. The molecule has 2 aliphatic rings. The molecule has 0 radical (unpaired) electrons. The van der Waals surface area contributed by atoms with E-state index in [1.54, 1.807) is 24.5 Å². The minimum absolute atomic E-state index is 0.0201. The fourth-order valence-electron chi connectivity index (χ4n) is 4.19. The molecule has 2 aliphatic heterocycles. The lowest BCUT2D eigenvalue weighted by Crippen LogP contribution is -2.36. The van der Waals surface area contributed by atoms with Crippen molar-refractivity contribution in [3.05, 3.63) is 53.5 Å². The normalized spacial score (nSPS) is 19.4. The van der Waals surface area contributed by atoms with Gasteiger partial charge in [0.25, 0.3) is 5.91 Å². The molecule has 29 heavy (non-hydrogen) atoms. The molecule has 2 saturated heterocycles. The summed E-state index contributed by atoms with van der Waals surface area (Å²) >= 11 is 0. The first-order valence-corrected chi connectivity index (χ1v) is 10.3. The lowest BCUT2D eigenvalue weighted by atomic mass is 9.98. The van der Waals surface area contributed by atoms with Crippen molar-refractivity contribution in [2.24, 2.45) is 5.92 Å². The number of likely N-dealkylation sites (tertiary alicyclic amines) is 1. The largest absolute Gasteiger partial charge is 0.478 e. The van der Waals surface area contributed by atoms with E-state index < -0.39 is 5.97 Å². The van der Waals surface area contributed by atoms with Crippen molar-refractivity contribution in [3.8, 4) is 0 Å². The number of hydrogen-bond donors (Lipinski definition) is 1. The molecule has 4 rings (SSSR count). The Kier molecular flexibility index (Phi) is 5.74. The summed E-state index contributed by atoms with van der Waals surface area (Å²) in [5.41, 5.74) is 1.88. The highest BCUT2D eigenvalue weighted by Crippen LogP contribution is 2.25. The Morgan fingerprint density at radius 2 is 1.79 bits per heavy atom. The molecule has 0 bridgehead atoms. The first-order valence-electron chi connectivity index (χ1n) is 10.3. The molecule has 152 valence electrons. The molecule has 0 saturated carbocycles. The van der Waals surface area contributed by atoms with Crippen molar-refractivity contribution in [2.75, 3.05) is 31.1 Å². The number of piperidine rings is 1. The van der Waals surface area contributed by atoms with Gasteiger partial charge in [-0.25, -0.2) is 9.78 Å². The number of anilines is 1. The van der Waals surface area contributed by atoms with Crippen LogP contribution >= 0.6 is 0 Å². The number of carbonyl (C=O) groups is 2. The molecule has 0 aliphatic carbocycles. The molecule has 0 spiro atoms. The van der Waals surface area contributed by atoms with E-state index in [0.717, 1.165) is 63.2 Å². The molecule has 2 fully saturated rings. The minimum atomic E-state index is -0.902. The summed E-state index contributed by atoms with van der Waals surface area (Å²) in [5, 5.41) is 9.02. The number of carboxylic acid groups (broad SMARTS) is 1. The van der Waals surface area contributed by atoms with E-state index in [-0.39, 0.29) is 5.91 Å². The third-order valence-electron chi connectivity index (χ3n) is 5.82. The van der Waals surface area contributed by atoms with Crippen LogP contribution in [0.5, 0.6) is 0 Å². The maximum absolute atomic E-state index is 12.7. The van der Waals surface area contributed by atoms with Gasteiger partial charge in [0.15, 0.2) is 0 Å². The van der Waals surface area contributed by atoms with E-state index in [4.69, 9.17) is 5.11 Å². The fraction of sp³-hybridized carbons (Fsp3) is 0.455. The number of benzene rings is 1. The average molecular weight is 394 g/mol. The zero-order valence-corrected chi connectivity index (χ0v) is 16.5. The summed E-state index contributed by atoms with van der Waals surface area (Å²) in [6.07, 6.45) is 8.53. The number of carbonyl (C=O) groups excluding carboxylic acids is 1. The number of aromatic carboxylic acids is 1. The molecular weight excluding hydrogens is 368 g/mol. The van der Waals surface area contributed by atoms with Crippen LogP contribution in [0.2, 0.25) is 0 Å². The average Bonchev–Trinajstić information content (AvgIpc) is 3.23. The Balaban J connectivity index is 1.38. The monoisotopic (exact) mass is 394 g/mol. The van der Waals surface area contributed by atoms with Crippen LogP contribution in [-0.2, 0) is 6.42 Å². The van der Waals surface area contributed by atoms with Crippen molar-refractivity contribution >= 4 is 17.7 Å². The lowest BCUT2D eigenvalue weighted by Gasteiger charge is -2.26. The summed E-state index contributed by atoms with van der Waals surface area (Å²) in [6, 6.07) is 7.10. The second kappa shape index (κ2) is 8.59. The molecule has 3 heterocycles. The summed E-state index contributed by atoms with van der Waals surface area (Å²) in [4.78, 5) is 36.7. The number of hydrogen-bond acceptors (Lipinski definition) is 5. The van der Waals surface area contributed by atoms with Gasteiger partial charge in [-0.2, -0.15) is 0 Å². The van der Waals surface area contributed by atoms with Crippen LogP contribution in [0.3, 0.4) is 0 Å². The van der Waals surface area contributed by atoms with Gasteiger partial charge in [0, 0.05) is 26.2 Å². The summed E-state index contributed by atoms with van der Waals surface area (Å²) in [7, 11) is 0. The van der Waals surface area contributed by atoms with Gasteiger partial charge in [-0.15, -0.1) is 0 Å². The zero-order chi connectivity index (χ0) is 20.2. The third kappa shape index (κ3) is 4.55. The second-order valence-corrected chi connectivity index (χ2v) is 7.92. The van der Waals surface area contributed by atoms with Gasteiger partial charge < -0.3 is 14.9 Å². The second-order valence-electron chi connectivity index (χ2n) is 7.92. The van der Waals surface area contributed by atoms with E-state index in [9.17, 15) is 9.59 Å². The first kappa shape index (κ1) is 19.4. The van der Waals surface area contributed by atoms with Crippen LogP contribution in [-0.4, -0.2) is 58.0 Å². The Hall–Kier alpha value is -2.96. The van der Waals surface area contributed by atoms with Gasteiger partial charge in [0.1, 0.15) is 11.5 Å². The highest BCUT2D eigenvalue weighted by molar-refractivity contribution is 5.92. The molecule has 1 amide bonds. The highest BCUT2D eigenvalue weighted by atomic mass is 16.4. The Morgan fingerprint density at radius 1 is 1.03 bits per heavy atom.